The number of Topliss-reactive ketones (excluding diaryl/α,β-unsaturated/α-hetero) is 1. The molecule has 0 saturated heterocycles. The highest BCUT2D eigenvalue weighted by Gasteiger charge is 2.38. The molecule has 1 aliphatic carbocycles. The maximum atomic E-state index is 12.6. The summed E-state index contributed by atoms with van der Waals surface area (Å²) in [5.41, 5.74) is 1.26. The Labute approximate surface area is 113 Å². The molecule has 2 rings (SSSR count). The van der Waals surface area contributed by atoms with Crippen LogP contribution in [0.4, 0.5) is 0 Å². The van der Waals surface area contributed by atoms with E-state index in [1.807, 2.05) is 6.92 Å². The molecule has 0 bridgehead atoms. The standard InChI is InChI=1S/C14H21NO2S/c1-2-17-14(7-5-3-4-6-8-14)13(16)9-12-10-15-11-18-12/h10-11H,2-9H2,1H3. The third-order valence-electron chi connectivity index (χ3n) is 3.66. The zero-order chi connectivity index (χ0) is 12.8. The minimum atomic E-state index is -0.519. The third kappa shape index (κ3) is 3.18. The fourth-order valence-corrected chi connectivity index (χ4v) is 3.32. The normalized spacial score (nSPS) is 19.4. The molecule has 0 amide bonds. The Balaban J connectivity index is 2.09. The molecule has 1 aromatic heterocycles. The average molecular weight is 267 g/mol. The predicted octanol–water partition coefficient (Wildman–Crippen LogP) is 3.38. The first-order chi connectivity index (χ1) is 8.77. The lowest BCUT2D eigenvalue weighted by Crippen LogP contribution is -2.42. The molecular formula is C14H21NO2S. The second kappa shape index (κ2) is 6.43. The average Bonchev–Trinajstić information content (AvgIpc) is 2.74. The van der Waals surface area contributed by atoms with Crippen LogP contribution in [0, 0.1) is 0 Å². The van der Waals surface area contributed by atoms with Crippen molar-refractivity contribution in [2.75, 3.05) is 6.61 Å². The lowest BCUT2D eigenvalue weighted by atomic mass is 9.87. The summed E-state index contributed by atoms with van der Waals surface area (Å²) in [6, 6.07) is 0. The first-order valence-electron chi connectivity index (χ1n) is 6.81. The number of rotatable bonds is 5. The number of hydrogen-bond donors (Lipinski definition) is 0. The highest BCUT2D eigenvalue weighted by molar-refractivity contribution is 7.09. The van der Waals surface area contributed by atoms with Gasteiger partial charge in [0.05, 0.1) is 5.51 Å². The van der Waals surface area contributed by atoms with Gasteiger partial charge in [-0.25, -0.2) is 0 Å². The lowest BCUT2D eigenvalue weighted by molar-refractivity contribution is -0.145. The third-order valence-corrected chi connectivity index (χ3v) is 4.44. The molecule has 3 nitrogen and oxygen atoms in total. The molecule has 0 unspecified atom stereocenters. The summed E-state index contributed by atoms with van der Waals surface area (Å²) in [5, 5.41) is 0. The number of thiazole rings is 1. The summed E-state index contributed by atoms with van der Waals surface area (Å²) < 4.78 is 5.90. The summed E-state index contributed by atoms with van der Waals surface area (Å²) in [6.07, 6.45) is 8.70. The van der Waals surface area contributed by atoms with Gasteiger partial charge in [0.1, 0.15) is 5.60 Å². The summed E-state index contributed by atoms with van der Waals surface area (Å²) in [7, 11) is 0. The van der Waals surface area contributed by atoms with E-state index in [0.29, 0.717) is 13.0 Å². The molecule has 100 valence electrons. The molecule has 0 N–H and O–H groups in total. The molecule has 4 heteroatoms. The SMILES string of the molecule is CCOC1(C(=O)Cc2cncs2)CCCCCC1. The van der Waals surface area contributed by atoms with Crippen LogP contribution in [0.1, 0.15) is 50.3 Å². The van der Waals surface area contributed by atoms with Crippen LogP contribution in [0.15, 0.2) is 11.7 Å². The Morgan fingerprint density at radius 2 is 2.11 bits per heavy atom. The van der Waals surface area contributed by atoms with Crippen molar-refractivity contribution in [3.63, 3.8) is 0 Å². The summed E-state index contributed by atoms with van der Waals surface area (Å²) in [5.74, 6) is 0.246. The van der Waals surface area contributed by atoms with Gasteiger partial charge in [0.2, 0.25) is 0 Å². The summed E-state index contributed by atoms with van der Waals surface area (Å²) in [6.45, 7) is 2.60. The van der Waals surface area contributed by atoms with Crippen molar-refractivity contribution in [1.82, 2.24) is 4.98 Å². The molecule has 0 atom stereocenters. The van der Waals surface area contributed by atoms with Crippen LogP contribution in [-0.4, -0.2) is 23.0 Å². The van der Waals surface area contributed by atoms with Crippen molar-refractivity contribution < 1.29 is 9.53 Å². The zero-order valence-electron chi connectivity index (χ0n) is 11.0. The van der Waals surface area contributed by atoms with Gasteiger partial charge in [0.15, 0.2) is 5.78 Å². The largest absolute Gasteiger partial charge is 0.367 e. The Morgan fingerprint density at radius 3 is 2.67 bits per heavy atom. The molecule has 18 heavy (non-hydrogen) atoms. The zero-order valence-corrected chi connectivity index (χ0v) is 11.8. The van der Waals surface area contributed by atoms with Gasteiger partial charge < -0.3 is 4.74 Å². The van der Waals surface area contributed by atoms with E-state index >= 15 is 0 Å². The minimum Gasteiger partial charge on any atom is -0.367 e. The van der Waals surface area contributed by atoms with E-state index in [0.717, 1.165) is 30.6 Å². The highest BCUT2D eigenvalue weighted by atomic mass is 32.1. The lowest BCUT2D eigenvalue weighted by Gasteiger charge is -2.31. The van der Waals surface area contributed by atoms with Crippen molar-refractivity contribution in [3.8, 4) is 0 Å². The molecule has 1 saturated carbocycles. The van der Waals surface area contributed by atoms with Crippen molar-refractivity contribution >= 4 is 17.1 Å². The van der Waals surface area contributed by atoms with Crippen LogP contribution in [0.2, 0.25) is 0 Å². The molecule has 0 aliphatic heterocycles. The minimum absolute atomic E-state index is 0.246. The number of carbonyl (C=O) groups excluding carboxylic acids is 1. The molecular weight excluding hydrogens is 246 g/mol. The van der Waals surface area contributed by atoms with E-state index in [1.54, 1.807) is 23.0 Å². The number of ether oxygens (including phenoxy) is 1. The van der Waals surface area contributed by atoms with Crippen LogP contribution in [0.5, 0.6) is 0 Å². The van der Waals surface area contributed by atoms with Crippen LogP contribution >= 0.6 is 11.3 Å². The van der Waals surface area contributed by atoms with E-state index < -0.39 is 5.60 Å². The van der Waals surface area contributed by atoms with Gasteiger partial charge >= 0.3 is 0 Å². The monoisotopic (exact) mass is 267 g/mol. The molecule has 1 fully saturated rings. The Kier molecular flexibility index (Phi) is 4.89. The van der Waals surface area contributed by atoms with Gasteiger partial charge in [-0.05, 0) is 19.8 Å². The smallest absolute Gasteiger partial charge is 0.169 e. The molecule has 0 radical (unpaired) electrons. The van der Waals surface area contributed by atoms with E-state index in [9.17, 15) is 4.79 Å². The van der Waals surface area contributed by atoms with E-state index in [-0.39, 0.29) is 5.78 Å². The first kappa shape index (κ1) is 13.7. The molecule has 0 aromatic carbocycles. The van der Waals surface area contributed by atoms with Gasteiger partial charge in [0, 0.05) is 24.1 Å². The number of ketones is 1. The maximum absolute atomic E-state index is 12.6. The number of carbonyl (C=O) groups is 1. The van der Waals surface area contributed by atoms with Crippen molar-refractivity contribution in [2.45, 2.75) is 57.5 Å². The van der Waals surface area contributed by atoms with Gasteiger partial charge in [-0.1, -0.05) is 25.7 Å². The van der Waals surface area contributed by atoms with Crippen molar-refractivity contribution in [2.24, 2.45) is 0 Å². The summed E-state index contributed by atoms with van der Waals surface area (Å²) in [4.78, 5) is 17.7. The van der Waals surface area contributed by atoms with Gasteiger partial charge in [-0.2, -0.15) is 0 Å². The van der Waals surface area contributed by atoms with E-state index in [4.69, 9.17) is 4.74 Å². The number of aromatic nitrogens is 1. The number of nitrogens with zero attached hydrogens (tertiary/aromatic N) is 1. The van der Waals surface area contributed by atoms with Crippen LogP contribution < -0.4 is 0 Å². The second-order valence-electron chi connectivity index (χ2n) is 4.91. The first-order valence-corrected chi connectivity index (χ1v) is 7.69. The van der Waals surface area contributed by atoms with Gasteiger partial charge in [0.25, 0.3) is 0 Å². The van der Waals surface area contributed by atoms with Crippen LogP contribution in [0.3, 0.4) is 0 Å². The maximum Gasteiger partial charge on any atom is 0.169 e. The topological polar surface area (TPSA) is 39.2 Å². The quantitative estimate of drug-likeness (QED) is 0.768. The van der Waals surface area contributed by atoms with Crippen LogP contribution in [0.25, 0.3) is 0 Å². The molecule has 1 aromatic rings. The van der Waals surface area contributed by atoms with Crippen molar-refractivity contribution in [1.29, 1.82) is 0 Å². The number of hydrogen-bond acceptors (Lipinski definition) is 4. The molecule has 1 aliphatic rings. The molecule has 0 spiro atoms. The Bertz CT molecular complexity index is 367. The second-order valence-corrected chi connectivity index (χ2v) is 5.88. The van der Waals surface area contributed by atoms with E-state index in [2.05, 4.69) is 4.98 Å². The fourth-order valence-electron chi connectivity index (χ4n) is 2.73. The van der Waals surface area contributed by atoms with Gasteiger partial charge in [-0.15, -0.1) is 11.3 Å². The highest BCUT2D eigenvalue weighted by Crippen LogP contribution is 2.32. The fraction of sp³-hybridized carbons (Fsp3) is 0.714. The molecule has 1 heterocycles. The van der Waals surface area contributed by atoms with E-state index in [1.165, 1.54) is 12.8 Å². The predicted molar refractivity (Wildman–Crippen MR) is 72.9 cm³/mol. The summed E-state index contributed by atoms with van der Waals surface area (Å²) >= 11 is 1.55. The van der Waals surface area contributed by atoms with Crippen molar-refractivity contribution in [3.05, 3.63) is 16.6 Å². The Morgan fingerprint density at radius 1 is 1.39 bits per heavy atom. The van der Waals surface area contributed by atoms with Gasteiger partial charge in [-0.3, -0.25) is 9.78 Å². The Hall–Kier alpha value is -0.740. The van der Waals surface area contributed by atoms with Crippen LogP contribution in [-0.2, 0) is 16.0 Å².